The van der Waals surface area contributed by atoms with Crippen molar-refractivity contribution in [1.29, 1.82) is 5.26 Å². The minimum absolute atomic E-state index is 0.594. The van der Waals surface area contributed by atoms with Crippen molar-refractivity contribution < 1.29 is 0 Å². The van der Waals surface area contributed by atoms with E-state index in [0.717, 1.165) is 38.3 Å². The molecule has 0 aromatic carbocycles. The molecule has 0 unspecified atom stereocenters. The summed E-state index contributed by atoms with van der Waals surface area (Å²) in [6.45, 7) is 2.97. The zero-order chi connectivity index (χ0) is 11.9. The monoisotopic (exact) mass is 228 g/mol. The predicted molar refractivity (Wildman–Crippen MR) is 67.6 cm³/mol. The smallest absolute Gasteiger partial charge is 0.125 e. The third kappa shape index (κ3) is 3.58. The first-order valence-corrected chi connectivity index (χ1v) is 5.87. The van der Waals surface area contributed by atoms with Gasteiger partial charge in [-0.3, -0.25) is 0 Å². The van der Waals surface area contributed by atoms with Crippen LogP contribution in [0.2, 0.25) is 0 Å². The Morgan fingerprint density at radius 1 is 1.47 bits per heavy atom. The first-order valence-electron chi connectivity index (χ1n) is 5.87. The molecule has 0 saturated heterocycles. The van der Waals surface area contributed by atoms with Crippen molar-refractivity contribution in [2.75, 3.05) is 25.0 Å². The molecule has 0 aliphatic carbocycles. The second-order valence-corrected chi connectivity index (χ2v) is 4.04. The van der Waals surface area contributed by atoms with Crippen LogP contribution in [0, 0.1) is 11.3 Å². The Labute approximate surface area is 101 Å². The Balaban J connectivity index is 1.77. The Morgan fingerprint density at radius 3 is 3.06 bits per heavy atom. The van der Waals surface area contributed by atoms with Gasteiger partial charge >= 0.3 is 0 Å². The van der Waals surface area contributed by atoms with Crippen LogP contribution in [-0.4, -0.2) is 24.6 Å². The van der Waals surface area contributed by atoms with Crippen molar-refractivity contribution in [3.8, 4) is 6.07 Å². The van der Waals surface area contributed by atoms with Gasteiger partial charge in [-0.15, -0.1) is 0 Å². The van der Waals surface area contributed by atoms with E-state index < -0.39 is 0 Å². The van der Waals surface area contributed by atoms with E-state index in [1.807, 2.05) is 6.07 Å². The molecular weight excluding hydrogens is 212 g/mol. The molecule has 1 aliphatic heterocycles. The lowest BCUT2D eigenvalue weighted by atomic mass is 10.1. The van der Waals surface area contributed by atoms with E-state index >= 15 is 0 Å². The minimum Gasteiger partial charge on any atom is -0.370 e. The van der Waals surface area contributed by atoms with Gasteiger partial charge in [0.25, 0.3) is 0 Å². The lowest BCUT2D eigenvalue weighted by Gasteiger charge is -2.14. The molecule has 0 radical (unpaired) electrons. The van der Waals surface area contributed by atoms with Gasteiger partial charge < -0.3 is 10.6 Å². The van der Waals surface area contributed by atoms with Crippen LogP contribution < -0.4 is 10.6 Å². The molecule has 2 rings (SSSR count). The van der Waals surface area contributed by atoms with Crippen molar-refractivity contribution in [3.63, 3.8) is 0 Å². The maximum atomic E-state index is 8.65. The number of aromatic nitrogens is 1. The molecule has 4 nitrogen and oxygen atoms in total. The highest BCUT2D eigenvalue weighted by molar-refractivity contribution is 5.39. The van der Waals surface area contributed by atoms with Crippen LogP contribution in [0.15, 0.2) is 30.0 Å². The SMILES string of the molecule is N#Cc1ccc(NCCC2=CCNCC2)nc1. The number of rotatable bonds is 4. The normalized spacial score (nSPS) is 14.9. The fraction of sp³-hybridized carbons (Fsp3) is 0.385. The van der Waals surface area contributed by atoms with Crippen LogP contribution in [0.1, 0.15) is 18.4 Å². The molecule has 1 aromatic heterocycles. The standard InChI is InChI=1S/C13H16N4/c14-9-12-1-2-13(17-10-12)16-8-5-11-3-6-15-7-4-11/h1-3,10,15H,4-8H2,(H,16,17). The van der Waals surface area contributed by atoms with Crippen molar-refractivity contribution in [1.82, 2.24) is 10.3 Å². The van der Waals surface area contributed by atoms with E-state index in [0.29, 0.717) is 5.56 Å². The molecule has 0 amide bonds. The molecule has 0 fully saturated rings. The maximum absolute atomic E-state index is 8.65. The van der Waals surface area contributed by atoms with E-state index in [9.17, 15) is 0 Å². The maximum Gasteiger partial charge on any atom is 0.125 e. The zero-order valence-corrected chi connectivity index (χ0v) is 9.74. The molecule has 17 heavy (non-hydrogen) atoms. The zero-order valence-electron chi connectivity index (χ0n) is 9.74. The Bertz CT molecular complexity index is 428. The number of nitrogens with one attached hydrogen (secondary N) is 2. The van der Waals surface area contributed by atoms with Crippen LogP contribution in [0.3, 0.4) is 0 Å². The first-order chi connectivity index (χ1) is 8.38. The fourth-order valence-corrected chi connectivity index (χ4v) is 1.81. The van der Waals surface area contributed by atoms with Crippen LogP contribution in [0.5, 0.6) is 0 Å². The number of anilines is 1. The van der Waals surface area contributed by atoms with Gasteiger partial charge in [0.1, 0.15) is 11.9 Å². The van der Waals surface area contributed by atoms with Gasteiger partial charge in [-0.1, -0.05) is 11.6 Å². The van der Waals surface area contributed by atoms with E-state index in [2.05, 4.69) is 27.8 Å². The summed E-state index contributed by atoms with van der Waals surface area (Å²) in [6, 6.07) is 5.68. The lowest BCUT2D eigenvalue weighted by molar-refractivity contribution is 0.683. The van der Waals surface area contributed by atoms with Gasteiger partial charge in [0, 0.05) is 19.3 Å². The Kier molecular flexibility index (Phi) is 4.11. The summed E-state index contributed by atoms with van der Waals surface area (Å²) in [4.78, 5) is 4.17. The number of hydrogen-bond acceptors (Lipinski definition) is 4. The van der Waals surface area contributed by atoms with Crippen LogP contribution in [0.25, 0.3) is 0 Å². The number of hydrogen-bond donors (Lipinski definition) is 2. The van der Waals surface area contributed by atoms with Gasteiger partial charge in [0.2, 0.25) is 0 Å². The van der Waals surface area contributed by atoms with E-state index in [1.165, 1.54) is 5.57 Å². The van der Waals surface area contributed by atoms with E-state index in [-0.39, 0.29) is 0 Å². The molecule has 0 bridgehead atoms. The molecule has 0 spiro atoms. The predicted octanol–water partition coefficient (Wildman–Crippen LogP) is 1.67. The first kappa shape index (κ1) is 11.6. The Hall–Kier alpha value is -1.86. The third-order valence-corrected chi connectivity index (χ3v) is 2.80. The van der Waals surface area contributed by atoms with Gasteiger partial charge in [0.05, 0.1) is 5.56 Å². The fourth-order valence-electron chi connectivity index (χ4n) is 1.81. The molecule has 2 heterocycles. The van der Waals surface area contributed by atoms with Gasteiger partial charge in [-0.05, 0) is 31.5 Å². The van der Waals surface area contributed by atoms with Crippen molar-refractivity contribution >= 4 is 5.82 Å². The molecule has 0 atom stereocenters. The number of nitriles is 1. The average Bonchev–Trinajstić information content (AvgIpc) is 2.41. The minimum atomic E-state index is 0.594. The lowest BCUT2D eigenvalue weighted by Crippen LogP contribution is -2.21. The summed E-state index contributed by atoms with van der Waals surface area (Å²) < 4.78 is 0. The van der Waals surface area contributed by atoms with Crippen LogP contribution >= 0.6 is 0 Å². The van der Waals surface area contributed by atoms with Gasteiger partial charge in [-0.2, -0.15) is 5.26 Å². The van der Waals surface area contributed by atoms with E-state index in [1.54, 1.807) is 12.3 Å². The number of pyridine rings is 1. The molecule has 2 N–H and O–H groups in total. The van der Waals surface area contributed by atoms with E-state index in [4.69, 9.17) is 5.26 Å². The summed E-state index contributed by atoms with van der Waals surface area (Å²) in [5.74, 6) is 0.832. The topological polar surface area (TPSA) is 60.7 Å². The third-order valence-electron chi connectivity index (χ3n) is 2.80. The Morgan fingerprint density at radius 2 is 2.41 bits per heavy atom. The quantitative estimate of drug-likeness (QED) is 0.770. The molecule has 4 heteroatoms. The van der Waals surface area contributed by atoms with Crippen molar-refractivity contribution in [2.45, 2.75) is 12.8 Å². The highest BCUT2D eigenvalue weighted by Gasteiger charge is 2.02. The average molecular weight is 228 g/mol. The second kappa shape index (κ2) is 6.02. The number of nitrogens with zero attached hydrogens (tertiary/aromatic N) is 2. The van der Waals surface area contributed by atoms with Gasteiger partial charge in [-0.25, -0.2) is 4.98 Å². The summed E-state index contributed by atoms with van der Waals surface area (Å²) in [7, 11) is 0. The molecule has 88 valence electrons. The highest BCUT2D eigenvalue weighted by atomic mass is 15.0. The van der Waals surface area contributed by atoms with Crippen molar-refractivity contribution in [2.24, 2.45) is 0 Å². The molecule has 0 saturated carbocycles. The molecule has 1 aromatic rings. The summed E-state index contributed by atoms with van der Waals surface area (Å²) in [6.07, 6.45) is 6.05. The summed E-state index contributed by atoms with van der Waals surface area (Å²) >= 11 is 0. The molecule has 1 aliphatic rings. The molecular formula is C13H16N4. The van der Waals surface area contributed by atoms with Crippen LogP contribution in [-0.2, 0) is 0 Å². The largest absolute Gasteiger partial charge is 0.370 e. The van der Waals surface area contributed by atoms with Crippen LogP contribution in [0.4, 0.5) is 5.82 Å². The van der Waals surface area contributed by atoms with Crippen molar-refractivity contribution in [3.05, 3.63) is 35.5 Å². The summed E-state index contributed by atoms with van der Waals surface area (Å²) in [5.41, 5.74) is 2.10. The summed E-state index contributed by atoms with van der Waals surface area (Å²) in [5, 5.41) is 15.2. The second-order valence-electron chi connectivity index (χ2n) is 4.04. The highest BCUT2D eigenvalue weighted by Crippen LogP contribution is 2.10. The van der Waals surface area contributed by atoms with Gasteiger partial charge in [0.15, 0.2) is 0 Å².